The molecule has 0 radical (unpaired) electrons. The Bertz CT molecular complexity index is 466. The van der Waals surface area contributed by atoms with Crippen LogP contribution in [0.5, 0.6) is 0 Å². The molecule has 1 aromatic rings. The first kappa shape index (κ1) is 14.1. The average molecular weight is 325 g/mol. The molecule has 1 heterocycles. The molecule has 1 aliphatic rings. The number of aryl methyl sites for hydroxylation is 1. The second kappa shape index (κ2) is 6.70. The lowest BCUT2D eigenvalue weighted by Gasteiger charge is -2.23. The standard InChI is InChI=1S/C14H17BrN2O2/c15-11-3-1-2-10(8-11)4-6-14(19)17-12-5-7-13(18)16-9-12/h1-3,8,12H,4-7,9H2,(H,16,18)(H,17,19). The smallest absolute Gasteiger partial charge is 0.220 e. The van der Waals surface area contributed by atoms with Gasteiger partial charge in [-0.1, -0.05) is 28.1 Å². The van der Waals surface area contributed by atoms with Crippen LogP contribution in [0.25, 0.3) is 0 Å². The Morgan fingerprint density at radius 2 is 2.32 bits per heavy atom. The molecule has 5 heteroatoms. The van der Waals surface area contributed by atoms with E-state index in [1.807, 2.05) is 24.3 Å². The van der Waals surface area contributed by atoms with E-state index >= 15 is 0 Å². The number of benzene rings is 1. The number of carbonyl (C=O) groups is 2. The number of halogens is 1. The molecule has 0 aliphatic carbocycles. The van der Waals surface area contributed by atoms with Gasteiger partial charge in [0.05, 0.1) is 0 Å². The summed E-state index contributed by atoms with van der Waals surface area (Å²) in [6.45, 7) is 0.543. The summed E-state index contributed by atoms with van der Waals surface area (Å²) in [7, 11) is 0. The maximum absolute atomic E-state index is 11.8. The Morgan fingerprint density at radius 3 is 3.00 bits per heavy atom. The molecule has 0 spiro atoms. The fourth-order valence-electron chi connectivity index (χ4n) is 2.11. The zero-order chi connectivity index (χ0) is 13.7. The quantitative estimate of drug-likeness (QED) is 0.886. The Balaban J connectivity index is 1.74. The number of hydrogen-bond donors (Lipinski definition) is 2. The first-order valence-corrected chi connectivity index (χ1v) is 7.23. The molecule has 2 rings (SSSR count). The summed E-state index contributed by atoms with van der Waals surface area (Å²) in [4.78, 5) is 22.8. The summed E-state index contributed by atoms with van der Waals surface area (Å²) in [5.74, 6) is 0.112. The van der Waals surface area contributed by atoms with Gasteiger partial charge < -0.3 is 10.6 Å². The Morgan fingerprint density at radius 1 is 1.47 bits per heavy atom. The second-order valence-corrected chi connectivity index (χ2v) is 5.65. The molecule has 1 aromatic carbocycles. The van der Waals surface area contributed by atoms with Crippen LogP contribution in [0.15, 0.2) is 28.7 Å². The van der Waals surface area contributed by atoms with Gasteiger partial charge in [-0.15, -0.1) is 0 Å². The lowest BCUT2D eigenvalue weighted by Crippen LogP contribution is -2.47. The Kier molecular flexibility index (Phi) is 4.96. The zero-order valence-electron chi connectivity index (χ0n) is 10.6. The van der Waals surface area contributed by atoms with Crippen molar-refractivity contribution in [3.63, 3.8) is 0 Å². The van der Waals surface area contributed by atoms with Gasteiger partial charge >= 0.3 is 0 Å². The van der Waals surface area contributed by atoms with Crippen LogP contribution in [0.2, 0.25) is 0 Å². The normalized spacial score (nSPS) is 18.8. The van der Waals surface area contributed by atoms with E-state index in [1.165, 1.54) is 0 Å². The summed E-state index contributed by atoms with van der Waals surface area (Å²) >= 11 is 3.41. The molecule has 2 amide bonds. The van der Waals surface area contributed by atoms with Crippen LogP contribution in [-0.4, -0.2) is 24.4 Å². The SMILES string of the molecule is O=C1CCC(NC(=O)CCc2cccc(Br)c2)CN1. The van der Waals surface area contributed by atoms with Crippen molar-refractivity contribution in [3.8, 4) is 0 Å². The first-order chi connectivity index (χ1) is 9.13. The monoisotopic (exact) mass is 324 g/mol. The topological polar surface area (TPSA) is 58.2 Å². The highest BCUT2D eigenvalue weighted by atomic mass is 79.9. The molecule has 4 nitrogen and oxygen atoms in total. The summed E-state index contributed by atoms with van der Waals surface area (Å²) in [6, 6.07) is 8.04. The molecular weight excluding hydrogens is 308 g/mol. The molecule has 1 unspecified atom stereocenters. The summed E-state index contributed by atoms with van der Waals surface area (Å²) in [6.07, 6.45) is 2.43. The largest absolute Gasteiger partial charge is 0.354 e. The van der Waals surface area contributed by atoms with E-state index in [9.17, 15) is 9.59 Å². The number of piperidine rings is 1. The predicted octanol–water partition coefficient (Wildman–Crippen LogP) is 1.78. The van der Waals surface area contributed by atoms with Crippen LogP contribution in [0.1, 0.15) is 24.8 Å². The summed E-state index contributed by atoms with van der Waals surface area (Å²) in [5.41, 5.74) is 1.14. The molecule has 1 saturated heterocycles. The third-order valence-corrected chi connectivity index (χ3v) is 3.65. The van der Waals surface area contributed by atoms with Gasteiger partial charge in [0.15, 0.2) is 0 Å². The number of rotatable bonds is 4. The minimum absolute atomic E-state index is 0.0427. The van der Waals surface area contributed by atoms with Gasteiger partial charge in [-0.25, -0.2) is 0 Å². The predicted molar refractivity (Wildman–Crippen MR) is 76.6 cm³/mol. The minimum Gasteiger partial charge on any atom is -0.354 e. The van der Waals surface area contributed by atoms with Gasteiger partial charge in [0.1, 0.15) is 0 Å². The molecule has 102 valence electrons. The average Bonchev–Trinajstić information content (AvgIpc) is 2.39. The molecular formula is C14H17BrN2O2. The highest BCUT2D eigenvalue weighted by Gasteiger charge is 2.19. The van der Waals surface area contributed by atoms with Crippen molar-refractivity contribution in [1.29, 1.82) is 0 Å². The van der Waals surface area contributed by atoms with Gasteiger partial charge in [-0.3, -0.25) is 9.59 Å². The van der Waals surface area contributed by atoms with Crippen molar-refractivity contribution in [2.75, 3.05) is 6.54 Å². The fraction of sp³-hybridized carbons (Fsp3) is 0.429. The number of amides is 2. The van der Waals surface area contributed by atoms with Crippen molar-refractivity contribution in [2.24, 2.45) is 0 Å². The highest BCUT2D eigenvalue weighted by molar-refractivity contribution is 9.10. The van der Waals surface area contributed by atoms with E-state index < -0.39 is 0 Å². The number of carbonyl (C=O) groups excluding carboxylic acids is 2. The molecule has 0 aromatic heterocycles. The number of hydrogen-bond acceptors (Lipinski definition) is 2. The van der Waals surface area contributed by atoms with Gasteiger partial charge in [0.25, 0.3) is 0 Å². The van der Waals surface area contributed by atoms with Crippen molar-refractivity contribution in [1.82, 2.24) is 10.6 Å². The van der Waals surface area contributed by atoms with E-state index in [0.29, 0.717) is 19.4 Å². The molecule has 1 fully saturated rings. The van der Waals surface area contributed by atoms with E-state index in [2.05, 4.69) is 26.6 Å². The Hall–Kier alpha value is -1.36. The lowest BCUT2D eigenvalue weighted by molar-refractivity contribution is -0.125. The van der Waals surface area contributed by atoms with E-state index in [4.69, 9.17) is 0 Å². The molecule has 19 heavy (non-hydrogen) atoms. The molecule has 2 N–H and O–H groups in total. The van der Waals surface area contributed by atoms with Crippen LogP contribution < -0.4 is 10.6 Å². The van der Waals surface area contributed by atoms with Crippen molar-refractivity contribution >= 4 is 27.7 Å². The maximum atomic E-state index is 11.8. The van der Waals surface area contributed by atoms with Crippen molar-refractivity contribution in [3.05, 3.63) is 34.3 Å². The van der Waals surface area contributed by atoms with Crippen LogP contribution >= 0.6 is 15.9 Å². The lowest BCUT2D eigenvalue weighted by atomic mass is 10.1. The maximum Gasteiger partial charge on any atom is 0.220 e. The second-order valence-electron chi connectivity index (χ2n) is 4.74. The highest BCUT2D eigenvalue weighted by Crippen LogP contribution is 2.13. The molecule has 1 atom stereocenters. The van der Waals surface area contributed by atoms with E-state index in [-0.39, 0.29) is 17.9 Å². The summed E-state index contributed by atoms with van der Waals surface area (Å²) < 4.78 is 1.03. The third kappa shape index (κ3) is 4.67. The van der Waals surface area contributed by atoms with E-state index in [0.717, 1.165) is 22.9 Å². The van der Waals surface area contributed by atoms with E-state index in [1.54, 1.807) is 0 Å². The van der Waals surface area contributed by atoms with Gasteiger partial charge in [0, 0.05) is 29.9 Å². The minimum atomic E-state index is 0.0427. The third-order valence-electron chi connectivity index (χ3n) is 3.16. The molecule has 0 saturated carbocycles. The van der Waals surface area contributed by atoms with Gasteiger partial charge in [-0.2, -0.15) is 0 Å². The summed E-state index contributed by atoms with van der Waals surface area (Å²) in [5, 5.41) is 5.72. The van der Waals surface area contributed by atoms with Gasteiger partial charge in [-0.05, 0) is 30.5 Å². The van der Waals surface area contributed by atoms with Crippen LogP contribution in [0, 0.1) is 0 Å². The van der Waals surface area contributed by atoms with Crippen LogP contribution in [0.4, 0.5) is 0 Å². The molecule has 1 aliphatic heterocycles. The van der Waals surface area contributed by atoms with Crippen molar-refractivity contribution < 1.29 is 9.59 Å². The van der Waals surface area contributed by atoms with Gasteiger partial charge in [0.2, 0.25) is 11.8 Å². The van der Waals surface area contributed by atoms with Crippen molar-refractivity contribution in [2.45, 2.75) is 31.7 Å². The first-order valence-electron chi connectivity index (χ1n) is 6.44. The Labute approximate surface area is 121 Å². The van der Waals surface area contributed by atoms with Crippen LogP contribution in [-0.2, 0) is 16.0 Å². The molecule has 0 bridgehead atoms. The van der Waals surface area contributed by atoms with Crippen LogP contribution in [0.3, 0.4) is 0 Å². The fourth-order valence-corrected chi connectivity index (χ4v) is 2.55. The number of nitrogens with one attached hydrogen (secondary N) is 2. The zero-order valence-corrected chi connectivity index (χ0v) is 12.2.